The zero-order valence-electron chi connectivity index (χ0n) is 20.3. The molecule has 0 aromatic heterocycles. The van der Waals surface area contributed by atoms with E-state index in [2.05, 4.69) is 54.8 Å². The zero-order chi connectivity index (χ0) is 23.7. The van der Waals surface area contributed by atoms with Crippen LogP contribution in [-0.4, -0.2) is 38.5 Å². The van der Waals surface area contributed by atoms with Gasteiger partial charge in [-0.1, -0.05) is 12.1 Å². The number of rotatable bonds is 6. The minimum Gasteiger partial charge on any atom is -0.381 e. The molecule has 1 saturated heterocycles. The Kier molecular flexibility index (Phi) is 7.10. The molecule has 2 aromatic rings. The predicted octanol–water partition coefficient (Wildman–Crippen LogP) is 5.07. The summed E-state index contributed by atoms with van der Waals surface area (Å²) in [5, 5.41) is 3.53. The Hall–Kier alpha value is -2.25. The second-order valence-electron chi connectivity index (χ2n) is 9.88. The third kappa shape index (κ3) is 5.75. The molecule has 0 unspecified atom stereocenters. The molecule has 3 rings (SSSR count). The molecule has 0 saturated carbocycles. The predicted molar refractivity (Wildman–Crippen MR) is 134 cm³/mol. The minimum atomic E-state index is -3.43. The van der Waals surface area contributed by atoms with Gasteiger partial charge in [-0.15, -0.1) is 0 Å². The van der Waals surface area contributed by atoms with Crippen LogP contribution in [0.4, 0.5) is 17.1 Å². The van der Waals surface area contributed by atoms with E-state index in [1.165, 1.54) is 16.8 Å². The smallest absolute Gasteiger partial charge is 0.237 e. The lowest BCUT2D eigenvalue weighted by atomic mass is 10.1. The van der Waals surface area contributed by atoms with Crippen molar-refractivity contribution in [2.75, 3.05) is 28.0 Å². The van der Waals surface area contributed by atoms with E-state index in [0.29, 0.717) is 12.2 Å². The van der Waals surface area contributed by atoms with Crippen LogP contribution in [-0.2, 0) is 21.3 Å². The van der Waals surface area contributed by atoms with Crippen LogP contribution in [0, 0.1) is 13.8 Å². The van der Waals surface area contributed by atoms with Crippen LogP contribution >= 0.6 is 0 Å². The summed E-state index contributed by atoms with van der Waals surface area (Å²) in [5.74, 6) is 0. The van der Waals surface area contributed by atoms with Gasteiger partial charge >= 0.3 is 0 Å². The molecule has 2 atom stereocenters. The van der Waals surface area contributed by atoms with Gasteiger partial charge in [0.1, 0.15) is 0 Å². The van der Waals surface area contributed by atoms with Crippen molar-refractivity contribution in [2.24, 2.45) is 0 Å². The summed E-state index contributed by atoms with van der Waals surface area (Å²) < 4.78 is 32.3. The van der Waals surface area contributed by atoms with Crippen LogP contribution in [0.5, 0.6) is 0 Å². The number of nitrogens with one attached hydrogen (secondary N) is 2. The quantitative estimate of drug-likeness (QED) is 0.631. The fourth-order valence-electron chi connectivity index (χ4n) is 3.90. The van der Waals surface area contributed by atoms with Gasteiger partial charge in [-0.05, 0) is 89.4 Å². The fourth-order valence-corrected chi connectivity index (χ4v) is 4.66. The number of sulfonamides is 1. The molecule has 1 aliphatic rings. The van der Waals surface area contributed by atoms with Crippen LogP contribution in [0.25, 0.3) is 0 Å². The third-order valence-corrected chi connectivity index (χ3v) is 7.92. The highest BCUT2D eigenvalue weighted by Gasteiger charge is 2.28. The topological polar surface area (TPSA) is 70.7 Å². The molecule has 2 N–H and O–H groups in total. The Morgan fingerprint density at radius 2 is 1.59 bits per heavy atom. The van der Waals surface area contributed by atoms with Gasteiger partial charge in [0.25, 0.3) is 0 Å². The summed E-state index contributed by atoms with van der Waals surface area (Å²) in [6, 6.07) is 12.0. The zero-order valence-corrected chi connectivity index (χ0v) is 21.1. The molecule has 32 heavy (non-hydrogen) atoms. The average molecular weight is 460 g/mol. The molecule has 0 amide bonds. The molecule has 0 aliphatic carbocycles. The standard InChI is InChI=1S/C25H37N3O3S/c1-17-13-24(28-15-19(3)31-20(4)16-28)18(2)12-23(17)26-14-21-8-10-22(11-9-21)27-32(29,30)25(5,6)7/h8-13,19-20,26-27H,14-16H2,1-7H3/t19-,20+. The van der Waals surface area contributed by atoms with Crippen LogP contribution < -0.4 is 14.9 Å². The highest BCUT2D eigenvalue weighted by atomic mass is 32.2. The number of hydrogen-bond donors (Lipinski definition) is 2. The van der Waals surface area contributed by atoms with Crippen molar-refractivity contribution >= 4 is 27.1 Å². The number of ether oxygens (including phenoxy) is 1. The number of hydrogen-bond acceptors (Lipinski definition) is 5. The number of aryl methyl sites for hydroxylation is 2. The molecular weight excluding hydrogens is 422 g/mol. The summed E-state index contributed by atoms with van der Waals surface area (Å²) in [7, 11) is -3.43. The molecule has 0 spiro atoms. The first-order valence-electron chi connectivity index (χ1n) is 11.2. The Bertz CT molecular complexity index is 1030. The van der Waals surface area contributed by atoms with Crippen molar-refractivity contribution in [1.82, 2.24) is 0 Å². The molecule has 176 valence electrons. The van der Waals surface area contributed by atoms with Crippen molar-refractivity contribution < 1.29 is 13.2 Å². The Morgan fingerprint density at radius 3 is 2.16 bits per heavy atom. The van der Waals surface area contributed by atoms with Gasteiger partial charge in [0, 0.05) is 36.7 Å². The van der Waals surface area contributed by atoms with Crippen LogP contribution in [0.2, 0.25) is 0 Å². The van der Waals surface area contributed by atoms with Crippen molar-refractivity contribution in [1.29, 1.82) is 0 Å². The molecule has 6 nitrogen and oxygen atoms in total. The summed E-state index contributed by atoms with van der Waals surface area (Å²) in [6.45, 7) is 16.1. The van der Waals surface area contributed by atoms with E-state index in [1.54, 1.807) is 20.8 Å². The average Bonchev–Trinajstić information content (AvgIpc) is 2.67. The van der Waals surface area contributed by atoms with E-state index in [-0.39, 0.29) is 12.2 Å². The highest BCUT2D eigenvalue weighted by molar-refractivity contribution is 7.94. The van der Waals surface area contributed by atoms with E-state index in [0.717, 1.165) is 24.3 Å². The Morgan fingerprint density at radius 1 is 1.00 bits per heavy atom. The van der Waals surface area contributed by atoms with E-state index in [4.69, 9.17) is 4.74 Å². The van der Waals surface area contributed by atoms with Crippen molar-refractivity contribution in [3.8, 4) is 0 Å². The van der Waals surface area contributed by atoms with Crippen LogP contribution in [0.15, 0.2) is 36.4 Å². The first-order chi connectivity index (χ1) is 14.9. The summed E-state index contributed by atoms with van der Waals surface area (Å²) >= 11 is 0. The summed E-state index contributed by atoms with van der Waals surface area (Å²) in [4.78, 5) is 2.42. The van der Waals surface area contributed by atoms with E-state index < -0.39 is 14.8 Å². The monoisotopic (exact) mass is 459 g/mol. The van der Waals surface area contributed by atoms with Gasteiger partial charge in [0.2, 0.25) is 10.0 Å². The first kappa shape index (κ1) is 24.4. The second kappa shape index (κ2) is 9.32. The van der Waals surface area contributed by atoms with Crippen molar-refractivity contribution in [2.45, 2.75) is 72.0 Å². The van der Waals surface area contributed by atoms with Crippen LogP contribution in [0.3, 0.4) is 0 Å². The second-order valence-corrected chi connectivity index (χ2v) is 12.3. The lowest BCUT2D eigenvalue weighted by Gasteiger charge is -2.38. The summed E-state index contributed by atoms with van der Waals surface area (Å²) in [6.07, 6.45) is 0.458. The van der Waals surface area contributed by atoms with Crippen molar-refractivity contribution in [3.63, 3.8) is 0 Å². The van der Waals surface area contributed by atoms with E-state index in [1.807, 2.05) is 24.3 Å². The molecule has 0 radical (unpaired) electrons. The maximum atomic E-state index is 12.3. The highest BCUT2D eigenvalue weighted by Crippen LogP contribution is 2.30. The summed E-state index contributed by atoms with van der Waals surface area (Å²) in [5.41, 5.74) is 6.48. The molecule has 2 aromatic carbocycles. The number of morpholine rings is 1. The van der Waals surface area contributed by atoms with E-state index in [9.17, 15) is 8.42 Å². The van der Waals surface area contributed by atoms with Crippen LogP contribution in [0.1, 0.15) is 51.3 Å². The lowest BCUT2D eigenvalue weighted by molar-refractivity contribution is -0.00524. The van der Waals surface area contributed by atoms with Gasteiger partial charge in [0.05, 0.1) is 17.0 Å². The van der Waals surface area contributed by atoms with Gasteiger partial charge in [-0.3, -0.25) is 4.72 Å². The molecule has 0 bridgehead atoms. The van der Waals surface area contributed by atoms with Gasteiger partial charge < -0.3 is 15.0 Å². The van der Waals surface area contributed by atoms with Gasteiger partial charge in [-0.25, -0.2) is 8.42 Å². The lowest BCUT2D eigenvalue weighted by Crippen LogP contribution is -2.45. The molecular formula is C25H37N3O3S. The fraction of sp³-hybridized carbons (Fsp3) is 0.520. The Labute approximate surface area is 193 Å². The molecule has 1 aliphatic heterocycles. The first-order valence-corrected chi connectivity index (χ1v) is 12.7. The number of nitrogens with zero attached hydrogens (tertiary/aromatic N) is 1. The van der Waals surface area contributed by atoms with E-state index >= 15 is 0 Å². The maximum absolute atomic E-state index is 12.3. The van der Waals surface area contributed by atoms with Gasteiger partial charge in [-0.2, -0.15) is 0 Å². The number of anilines is 3. The Balaban J connectivity index is 1.66. The van der Waals surface area contributed by atoms with Crippen molar-refractivity contribution in [3.05, 3.63) is 53.1 Å². The largest absolute Gasteiger partial charge is 0.381 e. The normalized spacial score (nSPS) is 19.7. The molecule has 1 heterocycles. The SMILES string of the molecule is Cc1cc(N2C[C@@H](C)O[C@@H](C)C2)c(C)cc1NCc1ccc(NS(=O)(=O)C(C)(C)C)cc1. The maximum Gasteiger partial charge on any atom is 0.237 e. The molecule has 7 heteroatoms. The van der Waals surface area contributed by atoms with Gasteiger partial charge in [0.15, 0.2) is 0 Å². The molecule has 1 fully saturated rings. The number of benzene rings is 2. The third-order valence-electron chi connectivity index (χ3n) is 5.80. The minimum absolute atomic E-state index is 0.229.